The number of rotatable bonds is 11. The zero-order valence-corrected chi connectivity index (χ0v) is 16.5. The number of nitrogens with zero attached hydrogens (tertiary/aromatic N) is 2. The number of furan rings is 1. The first kappa shape index (κ1) is 21.0. The predicted octanol–water partition coefficient (Wildman–Crippen LogP) is 3.72. The van der Waals surface area contributed by atoms with Crippen LogP contribution in [0.2, 0.25) is 0 Å². The number of carbonyl (C=O) groups is 2. The summed E-state index contributed by atoms with van der Waals surface area (Å²) in [6, 6.07) is 13.7. The Hall–Kier alpha value is -2.27. The van der Waals surface area contributed by atoms with Gasteiger partial charge in [0.25, 0.3) is 0 Å². The van der Waals surface area contributed by atoms with Gasteiger partial charge in [0.2, 0.25) is 11.8 Å². The van der Waals surface area contributed by atoms with Gasteiger partial charge in [0.05, 0.1) is 19.4 Å². The molecule has 0 aliphatic heterocycles. The van der Waals surface area contributed by atoms with Crippen LogP contribution >= 0.6 is 11.6 Å². The van der Waals surface area contributed by atoms with Crippen molar-refractivity contribution in [1.29, 1.82) is 0 Å². The summed E-state index contributed by atoms with van der Waals surface area (Å²) in [6.07, 6.45) is 3.39. The minimum absolute atomic E-state index is 0.0685. The molecule has 0 spiro atoms. The van der Waals surface area contributed by atoms with E-state index in [0.717, 1.165) is 18.6 Å². The minimum Gasteiger partial charge on any atom is -0.467 e. The number of benzene rings is 1. The third-order valence-electron chi connectivity index (χ3n) is 4.27. The normalized spacial score (nSPS) is 10.6. The molecule has 2 amide bonds. The molecule has 1 aromatic carbocycles. The van der Waals surface area contributed by atoms with Gasteiger partial charge in [0, 0.05) is 25.4 Å². The second kappa shape index (κ2) is 11.4. The van der Waals surface area contributed by atoms with Crippen LogP contribution in [0.15, 0.2) is 53.1 Å². The molecule has 0 saturated carbocycles. The van der Waals surface area contributed by atoms with E-state index in [1.807, 2.05) is 49.4 Å². The van der Waals surface area contributed by atoms with E-state index in [1.165, 1.54) is 5.56 Å². The van der Waals surface area contributed by atoms with Crippen LogP contribution in [0.1, 0.15) is 31.1 Å². The zero-order valence-electron chi connectivity index (χ0n) is 15.8. The second-order valence-electron chi connectivity index (χ2n) is 6.38. The molecule has 6 heteroatoms. The number of hydrogen-bond acceptors (Lipinski definition) is 3. The lowest BCUT2D eigenvalue weighted by Gasteiger charge is -2.27. The van der Waals surface area contributed by atoms with Crippen LogP contribution in [0.5, 0.6) is 0 Å². The Bertz CT molecular complexity index is 689. The van der Waals surface area contributed by atoms with Crippen molar-refractivity contribution >= 4 is 23.4 Å². The van der Waals surface area contributed by atoms with Crippen LogP contribution in [-0.2, 0) is 22.6 Å². The van der Waals surface area contributed by atoms with Crippen LogP contribution in [0.25, 0.3) is 0 Å². The van der Waals surface area contributed by atoms with Gasteiger partial charge in [-0.15, -0.1) is 11.6 Å². The Kier molecular flexibility index (Phi) is 8.92. The zero-order chi connectivity index (χ0) is 19.5. The average Bonchev–Trinajstić information content (AvgIpc) is 3.19. The third-order valence-corrected chi connectivity index (χ3v) is 4.46. The smallest absolute Gasteiger partial charge is 0.242 e. The van der Waals surface area contributed by atoms with Gasteiger partial charge in [-0.25, -0.2) is 0 Å². The van der Waals surface area contributed by atoms with Gasteiger partial charge in [-0.05, 0) is 30.5 Å². The summed E-state index contributed by atoms with van der Waals surface area (Å²) in [5.41, 5.74) is 1.17. The molecule has 0 bridgehead atoms. The molecule has 0 radical (unpaired) electrons. The molecule has 2 rings (SSSR count). The van der Waals surface area contributed by atoms with Gasteiger partial charge >= 0.3 is 0 Å². The van der Waals surface area contributed by atoms with E-state index in [9.17, 15) is 9.59 Å². The first-order chi connectivity index (χ1) is 13.1. The largest absolute Gasteiger partial charge is 0.467 e. The van der Waals surface area contributed by atoms with Crippen molar-refractivity contribution < 1.29 is 14.0 Å². The molecule has 1 heterocycles. The molecule has 0 fully saturated rings. The summed E-state index contributed by atoms with van der Waals surface area (Å²) in [7, 11) is 0. The first-order valence-electron chi connectivity index (χ1n) is 9.31. The Labute approximate surface area is 165 Å². The van der Waals surface area contributed by atoms with Gasteiger partial charge in [-0.1, -0.05) is 37.3 Å². The summed E-state index contributed by atoms with van der Waals surface area (Å²) in [4.78, 5) is 28.5. The van der Waals surface area contributed by atoms with E-state index in [2.05, 4.69) is 0 Å². The van der Waals surface area contributed by atoms with Crippen molar-refractivity contribution in [2.24, 2.45) is 0 Å². The molecule has 0 aliphatic carbocycles. The Morgan fingerprint density at radius 2 is 1.78 bits per heavy atom. The van der Waals surface area contributed by atoms with Gasteiger partial charge < -0.3 is 14.2 Å². The summed E-state index contributed by atoms with van der Waals surface area (Å²) in [5.74, 6) is 0.822. The number of alkyl halides is 1. The van der Waals surface area contributed by atoms with E-state index >= 15 is 0 Å². The fourth-order valence-corrected chi connectivity index (χ4v) is 3.02. The molecule has 0 atom stereocenters. The monoisotopic (exact) mass is 390 g/mol. The van der Waals surface area contributed by atoms with Gasteiger partial charge in [-0.2, -0.15) is 0 Å². The standard InChI is InChI=1S/C21H27ClN2O3/c1-2-13-23(20(25)10-12-22)17-21(26)24(16-19-9-6-15-27-19)14-11-18-7-4-3-5-8-18/h3-9,15H,2,10-14,16-17H2,1H3. The van der Waals surface area contributed by atoms with E-state index in [-0.39, 0.29) is 30.7 Å². The van der Waals surface area contributed by atoms with Crippen molar-refractivity contribution in [3.63, 3.8) is 0 Å². The summed E-state index contributed by atoms with van der Waals surface area (Å²) < 4.78 is 5.41. The number of amides is 2. The number of carbonyl (C=O) groups excluding carboxylic acids is 2. The van der Waals surface area contributed by atoms with E-state index in [0.29, 0.717) is 19.6 Å². The van der Waals surface area contributed by atoms with Crippen molar-refractivity contribution in [2.75, 3.05) is 25.5 Å². The van der Waals surface area contributed by atoms with Gasteiger partial charge in [0.15, 0.2) is 0 Å². The Balaban J connectivity index is 2.05. The molecule has 1 aromatic heterocycles. The number of hydrogen-bond donors (Lipinski definition) is 0. The van der Waals surface area contributed by atoms with Crippen LogP contribution in [0, 0.1) is 0 Å². The maximum atomic E-state index is 12.9. The predicted molar refractivity (Wildman–Crippen MR) is 106 cm³/mol. The highest BCUT2D eigenvalue weighted by Gasteiger charge is 2.21. The topological polar surface area (TPSA) is 53.8 Å². The first-order valence-corrected chi connectivity index (χ1v) is 9.85. The maximum Gasteiger partial charge on any atom is 0.242 e. The van der Waals surface area contributed by atoms with E-state index in [1.54, 1.807) is 16.1 Å². The highest BCUT2D eigenvalue weighted by atomic mass is 35.5. The molecule has 0 aliphatic rings. The quantitative estimate of drug-likeness (QED) is 0.549. The van der Waals surface area contributed by atoms with E-state index < -0.39 is 0 Å². The van der Waals surface area contributed by atoms with Crippen LogP contribution < -0.4 is 0 Å². The Morgan fingerprint density at radius 3 is 2.41 bits per heavy atom. The van der Waals surface area contributed by atoms with E-state index in [4.69, 9.17) is 16.0 Å². The van der Waals surface area contributed by atoms with Crippen LogP contribution in [0.4, 0.5) is 0 Å². The lowest BCUT2D eigenvalue weighted by atomic mass is 10.1. The molecule has 2 aromatic rings. The second-order valence-corrected chi connectivity index (χ2v) is 6.76. The lowest BCUT2D eigenvalue weighted by molar-refractivity contribution is -0.140. The fourth-order valence-electron chi connectivity index (χ4n) is 2.86. The molecule has 146 valence electrons. The van der Waals surface area contributed by atoms with Crippen molar-refractivity contribution in [2.45, 2.75) is 32.7 Å². The maximum absolute atomic E-state index is 12.9. The van der Waals surface area contributed by atoms with Gasteiger partial charge in [0.1, 0.15) is 5.76 Å². The number of halogens is 1. The average molecular weight is 391 g/mol. The summed E-state index contributed by atoms with van der Waals surface area (Å²) in [6.45, 7) is 3.56. The SMILES string of the molecule is CCCN(CC(=O)N(CCc1ccccc1)Cc1ccco1)C(=O)CCCl. The summed E-state index contributed by atoms with van der Waals surface area (Å²) in [5, 5.41) is 0. The van der Waals surface area contributed by atoms with Crippen molar-refractivity contribution in [3.05, 3.63) is 60.1 Å². The third kappa shape index (κ3) is 7.10. The Morgan fingerprint density at radius 1 is 1.00 bits per heavy atom. The summed E-state index contributed by atoms with van der Waals surface area (Å²) >= 11 is 5.70. The van der Waals surface area contributed by atoms with Crippen LogP contribution in [0.3, 0.4) is 0 Å². The molecule has 0 unspecified atom stereocenters. The fraction of sp³-hybridized carbons (Fsp3) is 0.429. The minimum atomic E-state index is -0.0845. The molecule has 27 heavy (non-hydrogen) atoms. The highest BCUT2D eigenvalue weighted by molar-refractivity contribution is 6.18. The molecule has 0 saturated heterocycles. The van der Waals surface area contributed by atoms with Crippen LogP contribution in [-0.4, -0.2) is 47.1 Å². The molecule has 5 nitrogen and oxygen atoms in total. The molecule has 0 N–H and O–H groups in total. The molecular weight excluding hydrogens is 364 g/mol. The molecular formula is C21H27ClN2O3. The lowest BCUT2D eigenvalue weighted by Crippen LogP contribution is -2.43. The highest BCUT2D eigenvalue weighted by Crippen LogP contribution is 2.10. The van der Waals surface area contributed by atoms with Gasteiger partial charge in [-0.3, -0.25) is 9.59 Å². The van der Waals surface area contributed by atoms with Crippen molar-refractivity contribution in [1.82, 2.24) is 9.80 Å². The van der Waals surface area contributed by atoms with Crippen molar-refractivity contribution in [3.8, 4) is 0 Å².